The first kappa shape index (κ1) is 13.1. The second kappa shape index (κ2) is 6.55. The second-order valence-corrected chi connectivity index (χ2v) is 4.53. The zero-order valence-electron chi connectivity index (χ0n) is 9.55. The Labute approximate surface area is 99.4 Å². The number of aryl methyl sites for hydroxylation is 1. The summed E-state index contributed by atoms with van der Waals surface area (Å²) in [5.41, 5.74) is 5.61. The van der Waals surface area contributed by atoms with Crippen LogP contribution in [0.4, 0.5) is 0 Å². The van der Waals surface area contributed by atoms with E-state index in [9.17, 15) is 4.79 Å². The smallest absolute Gasteiger partial charge is 0.322 e. The van der Waals surface area contributed by atoms with Gasteiger partial charge >= 0.3 is 5.97 Å². The number of carbonyl (C=O) groups is 1. The normalized spacial score (nSPS) is 12.4. The second-order valence-electron chi connectivity index (χ2n) is 3.43. The lowest BCUT2D eigenvalue weighted by molar-refractivity contribution is -0.142. The number of nitrogens with two attached hydrogens (primary N) is 1. The number of methoxy groups -OCH3 is 1. The van der Waals surface area contributed by atoms with E-state index in [2.05, 4.69) is 9.72 Å². The summed E-state index contributed by atoms with van der Waals surface area (Å²) >= 11 is 1.71. The summed E-state index contributed by atoms with van der Waals surface area (Å²) in [7, 11) is 3.31. The summed E-state index contributed by atoms with van der Waals surface area (Å²) in [4.78, 5) is 15.2. The average molecular weight is 243 g/mol. The number of esters is 1. The molecule has 0 bridgehead atoms. The van der Waals surface area contributed by atoms with Crippen LogP contribution in [0.3, 0.4) is 0 Å². The van der Waals surface area contributed by atoms with E-state index in [-0.39, 0.29) is 5.97 Å². The molecule has 1 aromatic rings. The summed E-state index contributed by atoms with van der Waals surface area (Å²) in [5, 5.41) is 0. The number of imidazole rings is 1. The van der Waals surface area contributed by atoms with Crippen LogP contribution < -0.4 is 5.73 Å². The zero-order chi connectivity index (χ0) is 12.0. The number of carbonyl (C=O) groups excluding carboxylic acids is 1. The highest BCUT2D eigenvalue weighted by molar-refractivity contribution is 7.98. The highest BCUT2D eigenvalue weighted by atomic mass is 32.2. The summed E-state index contributed by atoms with van der Waals surface area (Å²) < 4.78 is 6.52. The number of rotatable bonds is 6. The molecule has 0 fully saturated rings. The molecule has 0 radical (unpaired) electrons. The van der Waals surface area contributed by atoms with Gasteiger partial charge in [0.25, 0.3) is 0 Å². The van der Waals surface area contributed by atoms with E-state index in [1.54, 1.807) is 18.0 Å². The molecule has 90 valence electrons. The maximum Gasteiger partial charge on any atom is 0.322 e. The van der Waals surface area contributed by atoms with Crippen molar-refractivity contribution in [2.24, 2.45) is 12.8 Å². The number of thioether (sulfide) groups is 1. The van der Waals surface area contributed by atoms with Crippen LogP contribution in [0, 0.1) is 0 Å². The summed E-state index contributed by atoms with van der Waals surface area (Å²) in [6, 6.07) is -0.515. The Balaban J connectivity index is 2.17. The molecule has 5 nitrogen and oxygen atoms in total. The van der Waals surface area contributed by atoms with E-state index < -0.39 is 6.04 Å². The zero-order valence-corrected chi connectivity index (χ0v) is 10.4. The van der Waals surface area contributed by atoms with Gasteiger partial charge in [-0.3, -0.25) is 4.79 Å². The quantitative estimate of drug-likeness (QED) is 0.583. The molecule has 1 atom stereocenters. The maximum atomic E-state index is 11.0. The SMILES string of the molecule is COC(=O)C(N)CCSCc1nccn1C. The molecule has 0 amide bonds. The van der Waals surface area contributed by atoms with Crippen LogP contribution in [0.15, 0.2) is 12.4 Å². The molecule has 1 heterocycles. The van der Waals surface area contributed by atoms with E-state index in [1.165, 1.54) is 7.11 Å². The standard InChI is InChI=1S/C10H17N3O2S/c1-13-5-4-12-9(13)7-16-6-3-8(11)10(14)15-2/h4-5,8H,3,6-7,11H2,1-2H3. The largest absolute Gasteiger partial charge is 0.468 e. The molecule has 2 N–H and O–H groups in total. The molecule has 0 saturated heterocycles. The Hall–Kier alpha value is -1.01. The Morgan fingerprint density at radius 2 is 2.50 bits per heavy atom. The highest BCUT2D eigenvalue weighted by Crippen LogP contribution is 2.11. The number of ether oxygens (including phenoxy) is 1. The molecule has 0 aliphatic carbocycles. The predicted molar refractivity (Wildman–Crippen MR) is 64.0 cm³/mol. The van der Waals surface area contributed by atoms with Gasteiger partial charge in [0.1, 0.15) is 11.9 Å². The molecule has 0 spiro atoms. The van der Waals surface area contributed by atoms with Crippen LogP contribution in [-0.2, 0) is 22.3 Å². The molecule has 6 heteroatoms. The van der Waals surface area contributed by atoms with Gasteiger partial charge in [0.2, 0.25) is 0 Å². The number of nitrogens with zero attached hydrogens (tertiary/aromatic N) is 2. The Bertz CT molecular complexity index is 341. The fourth-order valence-electron chi connectivity index (χ4n) is 1.18. The maximum absolute atomic E-state index is 11.0. The van der Waals surface area contributed by atoms with Crippen molar-refractivity contribution in [1.29, 1.82) is 0 Å². The summed E-state index contributed by atoms with van der Waals surface area (Å²) in [6.07, 6.45) is 4.31. The third kappa shape index (κ3) is 3.86. The Kier molecular flexibility index (Phi) is 5.34. The highest BCUT2D eigenvalue weighted by Gasteiger charge is 2.12. The van der Waals surface area contributed by atoms with Gasteiger partial charge in [-0.1, -0.05) is 0 Å². The molecule has 1 unspecified atom stereocenters. The molecule has 1 aromatic heterocycles. The van der Waals surface area contributed by atoms with Gasteiger partial charge in [0.05, 0.1) is 12.9 Å². The van der Waals surface area contributed by atoms with Gasteiger partial charge in [0.15, 0.2) is 0 Å². The van der Waals surface area contributed by atoms with Gasteiger partial charge in [-0.2, -0.15) is 11.8 Å². The van der Waals surface area contributed by atoms with E-state index in [0.717, 1.165) is 17.3 Å². The first-order valence-corrected chi connectivity index (χ1v) is 6.18. The van der Waals surface area contributed by atoms with Crippen molar-refractivity contribution in [3.8, 4) is 0 Å². The average Bonchev–Trinajstić information content (AvgIpc) is 2.69. The fourth-order valence-corrected chi connectivity index (χ4v) is 2.20. The van der Waals surface area contributed by atoms with Crippen LogP contribution in [0.2, 0.25) is 0 Å². The molecule has 16 heavy (non-hydrogen) atoms. The third-order valence-corrected chi connectivity index (χ3v) is 3.22. The molecule has 0 aliphatic rings. The van der Waals surface area contributed by atoms with Crippen LogP contribution in [-0.4, -0.2) is 34.4 Å². The van der Waals surface area contributed by atoms with Gasteiger partial charge < -0.3 is 15.0 Å². The predicted octanol–water partition coefficient (Wildman–Crippen LogP) is 0.544. The van der Waals surface area contributed by atoms with Gasteiger partial charge in [0, 0.05) is 19.4 Å². The van der Waals surface area contributed by atoms with E-state index in [0.29, 0.717) is 6.42 Å². The summed E-state index contributed by atoms with van der Waals surface area (Å²) in [5.74, 6) is 2.33. The molecule has 0 aliphatic heterocycles. The van der Waals surface area contributed by atoms with Gasteiger partial charge in [-0.25, -0.2) is 4.98 Å². The van der Waals surface area contributed by atoms with Crippen molar-refractivity contribution in [3.63, 3.8) is 0 Å². The number of hydrogen-bond acceptors (Lipinski definition) is 5. The minimum absolute atomic E-state index is 0.349. The van der Waals surface area contributed by atoms with Crippen molar-refractivity contribution >= 4 is 17.7 Å². The van der Waals surface area contributed by atoms with Crippen LogP contribution in [0.25, 0.3) is 0 Å². The van der Waals surface area contributed by atoms with Crippen molar-refractivity contribution in [3.05, 3.63) is 18.2 Å². The minimum Gasteiger partial charge on any atom is -0.468 e. The lowest BCUT2D eigenvalue weighted by atomic mass is 10.2. The lowest BCUT2D eigenvalue weighted by Crippen LogP contribution is -2.31. The van der Waals surface area contributed by atoms with Crippen molar-refractivity contribution in [2.45, 2.75) is 18.2 Å². The molecular formula is C10H17N3O2S. The Morgan fingerprint density at radius 1 is 1.75 bits per heavy atom. The topological polar surface area (TPSA) is 70.1 Å². The molecular weight excluding hydrogens is 226 g/mol. The summed E-state index contributed by atoms with van der Waals surface area (Å²) in [6.45, 7) is 0. The van der Waals surface area contributed by atoms with Crippen LogP contribution in [0.5, 0.6) is 0 Å². The molecule has 0 saturated carbocycles. The fraction of sp³-hybridized carbons (Fsp3) is 0.600. The van der Waals surface area contributed by atoms with Crippen molar-refractivity contribution in [1.82, 2.24) is 9.55 Å². The Morgan fingerprint density at radius 3 is 3.06 bits per heavy atom. The number of aromatic nitrogens is 2. The third-order valence-electron chi connectivity index (χ3n) is 2.23. The van der Waals surface area contributed by atoms with E-state index in [1.807, 2.05) is 17.8 Å². The van der Waals surface area contributed by atoms with Crippen molar-refractivity contribution in [2.75, 3.05) is 12.9 Å². The van der Waals surface area contributed by atoms with Gasteiger partial charge in [-0.15, -0.1) is 0 Å². The van der Waals surface area contributed by atoms with Crippen LogP contribution >= 0.6 is 11.8 Å². The van der Waals surface area contributed by atoms with Crippen molar-refractivity contribution < 1.29 is 9.53 Å². The number of hydrogen-bond donors (Lipinski definition) is 1. The first-order valence-electron chi connectivity index (χ1n) is 5.02. The van der Waals surface area contributed by atoms with E-state index in [4.69, 9.17) is 5.73 Å². The van der Waals surface area contributed by atoms with Gasteiger partial charge in [-0.05, 0) is 12.2 Å². The minimum atomic E-state index is -0.515. The monoisotopic (exact) mass is 243 g/mol. The molecule has 1 rings (SSSR count). The molecule has 0 aromatic carbocycles. The first-order chi connectivity index (χ1) is 7.65. The van der Waals surface area contributed by atoms with Crippen LogP contribution in [0.1, 0.15) is 12.2 Å². The van der Waals surface area contributed by atoms with E-state index >= 15 is 0 Å². The lowest BCUT2D eigenvalue weighted by Gasteiger charge is -2.08.